The highest BCUT2D eigenvalue weighted by Gasteiger charge is 2.10. The second-order valence-electron chi connectivity index (χ2n) is 3.56. The van der Waals surface area contributed by atoms with E-state index in [9.17, 15) is 4.79 Å². The number of carbonyl (C=O) groups is 1. The average Bonchev–Trinajstić information content (AvgIpc) is 2.94. The molecule has 5 heteroatoms. The molecule has 0 aliphatic rings. The summed E-state index contributed by atoms with van der Waals surface area (Å²) in [6.45, 7) is 2.51. The van der Waals surface area contributed by atoms with Gasteiger partial charge in [-0.15, -0.1) is 11.3 Å². The number of hydrogen-bond donors (Lipinski definition) is 1. The predicted octanol–water partition coefficient (Wildman–Crippen LogP) is 3.60. The van der Waals surface area contributed by atoms with Crippen LogP contribution in [-0.4, -0.2) is 5.91 Å². The maximum Gasteiger partial charge on any atom is 0.287 e. The van der Waals surface area contributed by atoms with E-state index in [1.807, 2.05) is 24.4 Å². The molecule has 0 aliphatic heterocycles. The van der Waals surface area contributed by atoms with E-state index in [1.54, 1.807) is 17.4 Å². The standard InChI is InChI=1S/C12H12BrNO2S/c1-2-9-3-4-10(16-9)12(15)14-6-8-5-11(13)17-7-8/h3-5,7H,2,6H2,1H3,(H,14,15). The van der Waals surface area contributed by atoms with Crippen LogP contribution >= 0.6 is 27.3 Å². The Labute approximate surface area is 112 Å². The third kappa shape index (κ3) is 3.20. The van der Waals surface area contributed by atoms with Gasteiger partial charge in [-0.3, -0.25) is 4.79 Å². The van der Waals surface area contributed by atoms with E-state index in [-0.39, 0.29) is 5.91 Å². The van der Waals surface area contributed by atoms with E-state index >= 15 is 0 Å². The van der Waals surface area contributed by atoms with Crippen LogP contribution in [0.3, 0.4) is 0 Å². The van der Waals surface area contributed by atoms with Gasteiger partial charge in [-0.25, -0.2) is 0 Å². The van der Waals surface area contributed by atoms with Gasteiger partial charge in [0, 0.05) is 13.0 Å². The van der Waals surface area contributed by atoms with Crippen molar-refractivity contribution in [3.63, 3.8) is 0 Å². The van der Waals surface area contributed by atoms with Gasteiger partial charge in [0.15, 0.2) is 5.76 Å². The van der Waals surface area contributed by atoms with E-state index in [0.717, 1.165) is 21.5 Å². The van der Waals surface area contributed by atoms with Crippen LogP contribution in [0, 0.1) is 0 Å². The minimum atomic E-state index is -0.174. The largest absolute Gasteiger partial charge is 0.456 e. The van der Waals surface area contributed by atoms with Crippen molar-refractivity contribution in [2.45, 2.75) is 19.9 Å². The van der Waals surface area contributed by atoms with Crippen molar-refractivity contribution in [1.29, 1.82) is 0 Å². The summed E-state index contributed by atoms with van der Waals surface area (Å²) >= 11 is 4.99. The molecular weight excluding hydrogens is 302 g/mol. The number of thiophene rings is 1. The van der Waals surface area contributed by atoms with Crippen LogP contribution in [0.5, 0.6) is 0 Å². The molecule has 0 aromatic carbocycles. The first-order valence-corrected chi connectivity index (χ1v) is 6.96. The normalized spacial score (nSPS) is 10.5. The van der Waals surface area contributed by atoms with Crippen molar-refractivity contribution in [3.05, 3.63) is 44.4 Å². The highest BCUT2D eigenvalue weighted by molar-refractivity contribution is 9.11. The van der Waals surface area contributed by atoms with Crippen molar-refractivity contribution in [3.8, 4) is 0 Å². The van der Waals surface area contributed by atoms with Gasteiger partial charge in [-0.1, -0.05) is 6.92 Å². The van der Waals surface area contributed by atoms with E-state index in [0.29, 0.717) is 12.3 Å². The fraction of sp³-hybridized carbons (Fsp3) is 0.250. The summed E-state index contributed by atoms with van der Waals surface area (Å²) < 4.78 is 6.43. The van der Waals surface area contributed by atoms with Crippen LogP contribution in [0.2, 0.25) is 0 Å². The van der Waals surface area contributed by atoms with Crippen LogP contribution in [-0.2, 0) is 13.0 Å². The highest BCUT2D eigenvalue weighted by atomic mass is 79.9. The number of aryl methyl sites for hydroxylation is 1. The molecule has 0 radical (unpaired) electrons. The van der Waals surface area contributed by atoms with Gasteiger partial charge < -0.3 is 9.73 Å². The number of carbonyl (C=O) groups excluding carboxylic acids is 1. The summed E-state index contributed by atoms with van der Waals surface area (Å²) in [4.78, 5) is 11.7. The van der Waals surface area contributed by atoms with E-state index in [1.165, 1.54) is 0 Å². The Morgan fingerprint density at radius 2 is 2.35 bits per heavy atom. The molecule has 0 bridgehead atoms. The smallest absolute Gasteiger partial charge is 0.287 e. The van der Waals surface area contributed by atoms with Crippen LogP contribution in [0.15, 0.2) is 31.8 Å². The van der Waals surface area contributed by atoms with Crippen molar-refractivity contribution in [2.24, 2.45) is 0 Å². The summed E-state index contributed by atoms with van der Waals surface area (Å²) in [7, 11) is 0. The lowest BCUT2D eigenvalue weighted by atomic mass is 10.3. The minimum absolute atomic E-state index is 0.174. The molecule has 0 saturated heterocycles. The van der Waals surface area contributed by atoms with E-state index in [2.05, 4.69) is 21.2 Å². The molecular formula is C12H12BrNO2S. The number of rotatable bonds is 4. The molecule has 1 amide bonds. The van der Waals surface area contributed by atoms with Gasteiger partial charge in [-0.2, -0.15) is 0 Å². The first-order chi connectivity index (χ1) is 8.19. The third-order valence-electron chi connectivity index (χ3n) is 2.31. The van der Waals surface area contributed by atoms with Crippen LogP contribution in [0.4, 0.5) is 0 Å². The Morgan fingerprint density at radius 3 is 2.94 bits per heavy atom. The van der Waals surface area contributed by atoms with Gasteiger partial charge in [0.2, 0.25) is 0 Å². The molecule has 17 heavy (non-hydrogen) atoms. The number of nitrogens with one attached hydrogen (secondary N) is 1. The minimum Gasteiger partial charge on any atom is -0.456 e. The maximum absolute atomic E-state index is 11.7. The van der Waals surface area contributed by atoms with Crippen LogP contribution in [0.1, 0.15) is 28.8 Å². The van der Waals surface area contributed by atoms with E-state index in [4.69, 9.17) is 4.42 Å². The monoisotopic (exact) mass is 313 g/mol. The van der Waals surface area contributed by atoms with Crippen molar-refractivity contribution in [1.82, 2.24) is 5.32 Å². The molecule has 0 atom stereocenters. The Hall–Kier alpha value is -1.07. The first-order valence-electron chi connectivity index (χ1n) is 5.29. The average molecular weight is 314 g/mol. The summed E-state index contributed by atoms with van der Waals surface area (Å²) in [5.74, 6) is 1.02. The molecule has 2 heterocycles. The summed E-state index contributed by atoms with van der Waals surface area (Å²) in [5.41, 5.74) is 1.08. The lowest BCUT2D eigenvalue weighted by Crippen LogP contribution is -2.21. The summed E-state index contributed by atoms with van der Waals surface area (Å²) in [5, 5.41) is 4.82. The third-order valence-corrected chi connectivity index (χ3v) is 3.86. The van der Waals surface area contributed by atoms with Crippen LogP contribution < -0.4 is 5.32 Å². The van der Waals surface area contributed by atoms with Gasteiger partial charge in [0.25, 0.3) is 5.91 Å². The summed E-state index contributed by atoms with van der Waals surface area (Å²) in [6.07, 6.45) is 0.796. The topological polar surface area (TPSA) is 42.2 Å². The SMILES string of the molecule is CCc1ccc(C(=O)NCc2csc(Br)c2)o1. The zero-order chi connectivity index (χ0) is 12.3. The lowest BCUT2D eigenvalue weighted by molar-refractivity contribution is 0.0921. The fourth-order valence-corrected chi connectivity index (χ4v) is 2.61. The first kappa shape index (κ1) is 12.4. The molecule has 2 aromatic heterocycles. The zero-order valence-electron chi connectivity index (χ0n) is 9.33. The number of hydrogen-bond acceptors (Lipinski definition) is 3. The predicted molar refractivity (Wildman–Crippen MR) is 71.3 cm³/mol. The van der Waals surface area contributed by atoms with Gasteiger partial charge in [0.05, 0.1) is 3.79 Å². The Morgan fingerprint density at radius 1 is 1.53 bits per heavy atom. The maximum atomic E-state index is 11.7. The van der Waals surface area contributed by atoms with Crippen molar-refractivity contribution < 1.29 is 9.21 Å². The highest BCUT2D eigenvalue weighted by Crippen LogP contribution is 2.20. The number of furan rings is 1. The Balaban J connectivity index is 1.93. The molecule has 0 unspecified atom stereocenters. The molecule has 1 N–H and O–H groups in total. The molecule has 0 saturated carbocycles. The molecule has 3 nitrogen and oxygen atoms in total. The second-order valence-corrected chi connectivity index (χ2v) is 5.85. The Bertz CT molecular complexity index is 518. The molecule has 2 aromatic rings. The lowest BCUT2D eigenvalue weighted by Gasteiger charge is -2.00. The number of amides is 1. The fourth-order valence-electron chi connectivity index (χ4n) is 1.40. The van der Waals surface area contributed by atoms with Crippen LogP contribution in [0.25, 0.3) is 0 Å². The van der Waals surface area contributed by atoms with Gasteiger partial charge >= 0.3 is 0 Å². The van der Waals surface area contributed by atoms with Gasteiger partial charge in [0.1, 0.15) is 5.76 Å². The molecule has 0 aliphatic carbocycles. The quantitative estimate of drug-likeness (QED) is 0.937. The zero-order valence-corrected chi connectivity index (χ0v) is 11.7. The second kappa shape index (κ2) is 5.51. The Kier molecular flexibility index (Phi) is 4.02. The summed E-state index contributed by atoms with van der Waals surface area (Å²) in [6, 6.07) is 5.53. The van der Waals surface area contributed by atoms with Crippen molar-refractivity contribution >= 4 is 33.2 Å². The van der Waals surface area contributed by atoms with Crippen molar-refractivity contribution in [2.75, 3.05) is 0 Å². The molecule has 90 valence electrons. The van der Waals surface area contributed by atoms with Gasteiger partial charge in [-0.05, 0) is 45.1 Å². The molecule has 2 rings (SSSR count). The van der Waals surface area contributed by atoms with E-state index < -0.39 is 0 Å². The number of halogens is 1. The molecule has 0 spiro atoms. The molecule has 0 fully saturated rings.